The Morgan fingerprint density at radius 2 is 1.80 bits per heavy atom. The van der Waals surface area contributed by atoms with Crippen LogP contribution in [0.5, 0.6) is 0 Å². The Balaban J connectivity index is 1.95. The second kappa shape index (κ2) is 6.25. The Kier molecular flexibility index (Phi) is 4.41. The molecule has 0 aliphatic heterocycles. The van der Waals surface area contributed by atoms with Crippen LogP contribution in [0.2, 0.25) is 0 Å². The summed E-state index contributed by atoms with van der Waals surface area (Å²) >= 11 is 0. The zero-order valence-electron chi connectivity index (χ0n) is 11.2. The van der Waals surface area contributed by atoms with Gasteiger partial charge in [0.05, 0.1) is 0 Å². The fraction of sp³-hybridized carbons (Fsp3) is 0.375. The molecule has 1 aromatic carbocycles. The second-order valence-corrected chi connectivity index (χ2v) is 4.91. The van der Waals surface area contributed by atoms with E-state index in [0.29, 0.717) is 18.4 Å². The van der Waals surface area contributed by atoms with E-state index < -0.39 is 17.6 Å². The monoisotopic (exact) mass is 271 g/mol. The molecule has 2 rings (SSSR count). The Bertz CT molecular complexity index is 524. The van der Waals surface area contributed by atoms with E-state index in [1.54, 1.807) is 30.3 Å². The first-order valence-electron chi connectivity index (χ1n) is 6.72. The highest BCUT2D eigenvalue weighted by Crippen LogP contribution is 2.31. The van der Waals surface area contributed by atoms with Gasteiger partial charge in [-0.2, -0.15) is 0 Å². The summed E-state index contributed by atoms with van der Waals surface area (Å²) in [6, 6.07) is 8.50. The Morgan fingerprint density at radius 1 is 1.15 bits per heavy atom. The number of benzene rings is 1. The van der Waals surface area contributed by atoms with Crippen LogP contribution in [0.25, 0.3) is 0 Å². The van der Waals surface area contributed by atoms with Crippen molar-refractivity contribution in [1.29, 1.82) is 0 Å². The lowest BCUT2D eigenvalue weighted by Gasteiger charge is -2.31. The zero-order chi connectivity index (χ0) is 14.4. The van der Waals surface area contributed by atoms with Crippen LogP contribution in [0.15, 0.2) is 30.3 Å². The number of rotatable bonds is 2. The molecule has 1 saturated carbocycles. The molecule has 1 aromatic rings. The largest absolute Gasteiger partial charge is 0.429 e. The SMILES string of the molecule is C#CC1(OC(=O)NC(=O)c2ccccc2)CCCCC1. The highest BCUT2D eigenvalue weighted by Gasteiger charge is 2.34. The maximum Gasteiger partial charge on any atom is 0.415 e. The highest BCUT2D eigenvalue weighted by molar-refractivity contribution is 6.02. The average molecular weight is 271 g/mol. The number of nitrogens with one attached hydrogen (secondary N) is 1. The molecule has 104 valence electrons. The fourth-order valence-electron chi connectivity index (χ4n) is 2.36. The van der Waals surface area contributed by atoms with E-state index in [0.717, 1.165) is 19.3 Å². The van der Waals surface area contributed by atoms with E-state index in [-0.39, 0.29) is 0 Å². The van der Waals surface area contributed by atoms with Crippen molar-refractivity contribution in [1.82, 2.24) is 5.32 Å². The summed E-state index contributed by atoms with van der Waals surface area (Å²) in [5, 5.41) is 2.21. The van der Waals surface area contributed by atoms with E-state index in [1.165, 1.54) is 0 Å². The molecular formula is C16H17NO3. The normalized spacial score (nSPS) is 16.8. The third kappa shape index (κ3) is 3.39. The van der Waals surface area contributed by atoms with Gasteiger partial charge in [0.1, 0.15) is 0 Å². The molecule has 0 atom stereocenters. The van der Waals surface area contributed by atoms with Crippen molar-refractivity contribution in [3.8, 4) is 12.3 Å². The van der Waals surface area contributed by atoms with E-state index in [9.17, 15) is 9.59 Å². The van der Waals surface area contributed by atoms with Crippen LogP contribution >= 0.6 is 0 Å². The fourth-order valence-corrected chi connectivity index (χ4v) is 2.36. The van der Waals surface area contributed by atoms with Crippen molar-refractivity contribution in [3.05, 3.63) is 35.9 Å². The van der Waals surface area contributed by atoms with Gasteiger partial charge in [-0.05, 0) is 37.8 Å². The summed E-state index contributed by atoms with van der Waals surface area (Å²) in [5.74, 6) is 2.08. The van der Waals surface area contributed by atoms with E-state index in [2.05, 4.69) is 11.2 Å². The van der Waals surface area contributed by atoms with Gasteiger partial charge in [-0.15, -0.1) is 6.42 Å². The molecule has 0 heterocycles. The molecule has 0 unspecified atom stereocenters. The van der Waals surface area contributed by atoms with Gasteiger partial charge in [-0.1, -0.05) is 30.5 Å². The van der Waals surface area contributed by atoms with E-state index in [4.69, 9.17) is 11.2 Å². The number of amides is 2. The summed E-state index contributed by atoms with van der Waals surface area (Å²) < 4.78 is 5.31. The van der Waals surface area contributed by atoms with Crippen molar-refractivity contribution < 1.29 is 14.3 Å². The number of hydrogen-bond donors (Lipinski definition) is 1. The lowest BCUT2D eigenvalue weighted by atomic mass is 9.85. The summed E-state index contributed by atoms with van der Waals surface area (Å²) in [7, 11) is 0. The quantitative estimate of drug-likeness (QED) is 0.841. The van der Waals surface area contributed by atoms with Crippen LogP contribution in [0.3, 0.4) is 0 Å². The van der Waals surface area contributed by atoms with Crippen molar-refractivity contribution in [3.63, 3.8) is 0 Å². The van der Waals surface area contributed by atoms with Crippen LogP contribution in [0.4, 0.5) is 4.79 Å². The predicted octanol–water partition coefficient (Wildman–Crippen LogP) is 2.89. The van der Waals surface area contributed by atoms with Crippen LogP contribution < -0.4 is 5.32 Å². The predicted molar refractivity (Wildman–Crippen MR) is 75.0 cm³/mol. The number of hydrogen-bond acceptors (Lipinski definition) is 3. The van der Waals surface area contributed by atoms with Gasteiger partial charge in [0.15, 0.2) is 5.60 Å². The maximum absolute atomic E-state index is 11.8. The molecule has 0 radical (unpaired) electrons. The second-order valence-electron chi connectivity index (χ2n) is 4.91. The third-order valence-electron chi connectivity index (χ3n) is 3.46. The van der Waals surface area contributed by atoms with Gasteiger partial charge in [-0.3, -0.25) is 10.1 Å². The molecule has 4 heteroatoms. The smallest absolute Gasteiger partial charge is 0.415 e. The number of alkyl carbamates (subject to hydrolysis) is 1. The van der Waals surface area contributed by atoms with Crippen molar-refractivity contribution in [2.24, 2.45) is 0 Å². The number of carbonyl (C=O) groups is 2. The number of carbonyl (C=O) groups excluding carboxylic acids is 2. The van der Waals surface area contributed by atoms with Crippen molar-refractivity contribution >= 4 is 12.0 Å². The van der Waals surface area contributed by atoms with Gasteiger partial charge in [0.2, 0.25) is 0 Å². The number of imide groups is 1. The average Bonchev–Trinajstić information content (AvgIpc) is 2.49. The highest BCUT2D eigenvalue weighted by atomic mass is 16.6. The molecule has 20 heavy (non-hydrogen) atoms. The summed E-state index contributed by atoms with van der Waals surface area (Å²) in [6.07, 6.45) is 8.97. The van der Waals surface area contributed by atoms with Crippen molar-refractivity contribution in [2.45, 2.75) is 37.7 Å². The third-order valence-corrected chi connectivity index (χ3v) is 3.46. The minimum absolute atomic E-state index is 0.405. The van der Waals surface area contributed by atoms with Gasteiger partial charge < -0.3 is 4.74 Å². The van der Waals surface area contributed by atoms with Crippen LogP contribution in [0, 0.1) is 12.3 Å². The van der Waals surface area contributed by atoms with Gasteiger partial charge in [0, 0.05) is 5.56 Å². The molecule has 1 fully saturated rings. The first-order chi connectivity index (χ1) is 9.65. The van der Waals surface area contributed by atoms with E-state index in [1.807, 2.05) is 0 Å². The molecule has 2 amide bonds. The number of ether oxygens (including phenoxy) is 1. The molecule has 0 aromatic heterocycles. The molecule has 1 aliphatic rings. The molecule has 0 bridgehead atoms. The van der Waals surface area contributed by atoms with Crippen LogP contribution in [-0.2, 0) is 4.74 Å². The van der Waals surface area contributed by atoms with Gasteiger partial charge in [0.25, 0.3) is 5.91 Å². The van der Waals surface area contributed by atoms with Crippen molar-refractivity contribution in [2.75, 3.05) is 0 Å². The van der Waals surface area contributed by atoms with Gasteiger partial charge in [-0.25, -0.2) is 4.79 Å². The number of terminal acetylenes is 1. The topological polar surface area (TPSA) is 55.4 Å². The summed E-state index contributed by atoms with van der Waals surface area (Å²) in [5.41, 5.74) is -0.456. The molecular weight excluding hydrogens is 254 g/mol. The zero-order valence-corrected chi connectivity index (χ0v) is 11.2. The Hall–Kier alpha value is -2.28. The Labute approximate surface area is 118 Å². The van der Waals surface area contributed by atoms with Crippen LogP contribution in [-0.4, -0.2) is 17.6 Å². The maximum atomic E-state index is 11.8. The standard InChI is InChI=1S/C16H17NO3/c1-2-16(11-7-4-8-12-16)20-15(19)17-14(18)13-9-5-3-6-10-13/h1,3,5-6,9-10H,4,7-8,11-12H2,(H,17,18,19). The molecule has 4 nitrogen and oxygen atoms in total. The molecule has 1 aliphatic carbocycles. The summed E-state index contributed by atoms with van der Waals surface area (Å²) in [4.78, 5) is 23.6. The first kappa shape index (κ1) is 14.1. The van der Waals surface area contributed by atoms with E-state index >= 15 is 0 Å². The lowest BCUT2D eigenvalue weighted by molar-refractivity contribution is 0.0275. The van der Waals surface area contributed by atoms with Crippen LogP contribution in [0.1, 0.15) is 42.5 Å². The lowest BCUT2D eigenvalue weighted by Crippen LogP contribution is -2.41. The molecule has 0 spiro atoms. The minimum Gasteiger partial charge on any atom is -0.429 e. The minimum atomic E-state index is -0.862. The molecule has 1 N–H and O–H groups in total. The molecule has 0 saturated heterocycles. The first-order valence-corrected chi connectivity index (χ1v) is 6.72. The van der Waals surface area contributed by atoms with Gasteiger partial charge >= 0.3 is 6.09 Å². The summed E-state index contributed by atoms with van der Waals surface area (Å²) in [6.45, 7) is 0. The Morgan fingerprint density at radius 3 is 2.40 bits per heavy atom.